The molecule has 25 heavy (non-hydrogen) atoms. The molecule has 146 valence electrons. The number of nitrogens with zero attached hydrogens (tertiary/aromatic N) is 2. The Morgan fingerprint density at radius 1 is 1.28 bits per heavy atom. The third kappa shape index (κ3) is 10.8. The van der Waals surface area contributed by atoms with Crippen LogP contribution in [0.2, 0.25) is 0 Å². The molecule has 0 aliphatic carbocycles. The molecule has 0 saturated carbocycles. The molecule has 0 aromatic carbocycles. The van der Waals surface area contributed by atoms with Gasteiger partial charge in [-0.25, -0.2) is 4.98 Å². The average molecular weight is 496 g/mol. The summed E-state index contributed by atoms with van der Waals surface area (Å²) < 4.78 is 47.6. The first kappa shape index (κ1) is 24.3. The predicted octanol–water partition coefficient (Wildman–Crippen LogP) is 2.54. The number of guanidine groups is 1. The molecule has 1 heterocycles. The number of ether oxygens (including phenoxy) is 2. The minimum absolute atomic E-state index is 0. The highest BCUT2D eigenvalue weighted by molar-refractivity contribution is 14.0. The first-order valence-corrected chi connectivity index (χ1v) is 8.45. The number of halogens is 4. The highest BCUT2D eigenvalue weighted by Crippen LogP contribution is 2.29. The number of aromatic nitrogens is 1. The molecule has 6 nitrogen and oxygen atoms in total. The number of rotatable bonds is 10. The van der Waals surface area contributed by atoms with Gasteiger partial charge in [0.15, 0.2) is 11.7 Å². The van der Waals surface area contributed by atoms with Crippen LogP contribution in [-0.2, 0) is 22.1 Å². The summed E-state index contributed by atoms with van der Waals surface area (Å²) in [5.41, 5.74) is -0.837. The second-order valence-corrected chi connectivity index (χ2v) is 5.61. The van der Waals surface area contributed by atoms with E-state index in [0.717, 1.165) is 16.7 Å². The molecule has 0 unspecified atom stereocenters. The molecule has 1 aromatic rings. The Labute approximate surface area is 166 Å². The van der Waals surface area contributed by atoms with E-state index >= 15 is 0 Å². The summed E-state index contributed by atoms with van der Waals surface area (Å²) in [6.07, 6.45) is -3.99. The molecular formula is C14H24F3IN4O2S. The van der Waals surface area contributed by atoms with Crippen LogP contribution in [0.3, 0.4) is 0 Å². The zero-order valence-electron chi connectivity index (χ0n) is 14.2. The zero-order valence-corrected chi connectivity index (χ0v) is 17.3. The van der Waals surface area contributed by atoms with E-state index in [9.17, 15) is 13.2 Å². The number of hydrogen-bond acceptors (Lipinski definition) is 5. The molecule has 0 radical (unpaired) electrons. The summed E-state index contributed by atoms with van der Waals surface area (Å²) in [4.78, 5) is 7.91. The zero-order chi connectivity index (χ0) is 17.8. The SMILES string of the molecule is CCNC(=NCCOCCOC)NCCc1nc(C(F)(F)F)cs1.I. The molecule has 0 bridgehead atoms. The van der Waals surface area contributed by atoms with Crippen molar-refractivity contribution >= 4 is 41.3 Å². The maximum Gasteiger partial charge on any atom is 0.434 e. The summed E-state index contributed by atoms with van der Waals surface area (Å²) in [5.74, 6) is 0.598. The lowest BCUT2D eigenvalue weighted by molar-refractivity contribution is -0.140. The normalized spacial score (nSPS) is 12.0. The van der Waals surface area contributed by atoms with Gasteiger partial charge in [0.2, 0.25) is 0 Å². The van der Waals surface area contributed by atoms with Crippen molar-refractivity contribution in [2.24, 2.45) is 4.99 Å². The van der Waals surface area contributed by atoms with Crippen LogP contribution in [-0.4, -0.2) is 57.5 Å². The lowest BCUT2D eigenvalue weighted by atomic mass is 10.4. The molecule has 2 N–H and O–H groups in total. The molecule has 0 amide bonds. The van der Waals surface area contributed by atoms with Crippen molar-refractivity contribution in [2.45, 2.75) is 19.5 Å². The maximum absolute atomic E-state index is 12.5. The number of nitrogens with one attached hydrogen (secondary N) is 2. The lowest BCUT2D eigenvalue weighted by Crippen LogP contribution is -2.38. The lowest BCUT2D eigenvalue weighted by Gasteiger charge is -2.10. The van der Waals surface area contributed by atoms with Crippen molar-refractivity contribution in [2.75, 3.05) is 46.6 Å². The van der Waals surface area contributed by atoms with Gasteiger partial charge < -0.3 is 20.1 Å². The summed E-state index contributed by atoms with van der Waals surface area (Å²) in [5, 5.41) is 7.60. The van der Waals surface area contributed by atoms with E-state index in [0.29, 0.717) is 56.8 Å². The summed E-state index contributed by atoms with van der Waals surface area (Å²) in [7, 11) is 1.61. The third-order valence-electron chi connectivity index (χ3n) is 2.76. The highest BCUT2D eigenvalue weighted by atomic mass is 127. The van der Waals surface area contributed by atoms with Gasteiger partial charge in [0.25, 0.3) is 0 Å². The number of thiazole rings is 1. The van der Waals surface area contributed by atoms with Gasteiger partial charge in [-0.15, -0.1) is 35.3 Å². The van der Waals surface area contributed by atoms with Gasteiger partial charge in [-0.1, -0.05) is 0 Å². The predicted molar refractivity (Wildman–Crippen MR) is 103 cm³/mol. The largest absolute Gasteiger partial charge is 0.434 e. The fourth-order valence-corrected chi connectivity index (χ4v) is 2.46. The van der Waals surface area contributed by atoms with Crippen molar-refractivity contribution in [3.8, 4) is 0 Å². The van der Waals surface area contributed by atoms with Gasteiger partial charge in [-0.2, -0.15) is 13.2 Å². The van der Waals surface area contributed by atoms with Crippen molar-refractivity contribution in [3.63, 3.8) is 0 Å². The standard InChI is InChI=1S/C14H23F3N4O2S.HI/c1-3-18-13(20-6-7-23-9-8-22-2)19-5-4-12-21-11(10-24-12)14(15,16)17;/h10H,3-9H2,1-2H3,(H2,18,19,20);1H. The number of aliphatic imine (C=N–C) groups is 1. The Balaban J connectivity index is 0.00000576. The monoisotopic (exact) mass is 496 g/mol. The summed E-state index contributed by atoms with van der Waals surface area (Å²) in [6, 6.07) is 0. The van der Waals surface area contributed by atoms with Gasteiger partial charge >= 0.3 is 6.18 Å². The van der Waals surface area contributed by atoms with Gasteiger partial charge in [-0.05, 0) is 6.92 Å². The fourth-order valence-electron chi connectivity index (χ4n) is 1.65. The molecule has 0 aliphatic heterocycles. The Kier molecular flexibility index (Phi) is 13.2. The minimum Gasteiger partial charge on any atom is -0.382 e. The molecular weight excluding hydrogens is 472 g/mol. The van der Waals surface area contributed by atoms with Crippen LogP contribution >= 0.6 is 35.3 Å². The molecule has 1 aromatic heterocycles. The van der Waals surface area contributed by atoms with Crippen LogP contribution in [0, 0.1) is 0 Å². The first-order valence-electron chi connectivity index (χ1n) is 7.57. The van der Waals surface area contributed by atoms with Crippen molar-refractivity contribution < 1.29 is 22.6 Å². The molecule has 11 heteroatoms. The Morgan fingerprint density at radius 2 is 2.04 bits per heavy atom. The molecule has 1 rings (SSSR count). The second kappa shape index (κ2) is 13.5. The van der Waals surface area contributed by atoms with E-state index in [2.05, 4.69) is 20.6 Å². The highest BCUT2D eigenvalue weighted by Gasteiger charge is 2.33. The quantitative estimate of drug-likeness (QED) is 0.226. The van der Waals surface area contributed by atoms with Crippen molar-refractivity contribution in [1.82, 2.24) is 15.6 Å². The van der Waals surface area contributed by atoms with Crippen LogP contribution in [0.1, 0.15) is 17.6 Å². The number of methoxy groups -OCH3 is 1. The topological polar surface area (TPSA) is 67.8 Å². The van der Waals surface area contributed by atoms with Gasteiger partial charge in [-0.3, -0.25) is 4.99 Å². The average Bonchev–Trinajstić information content (AvgIpc) is 3.00. The molecule has 0 spiro atoms. The van der Waals surface area contributed by atoms with E-state index < -0.39 is 11.9 Å². The number of hydrogen-bond donors (Lipinski definition) is 2. The van der Waals surface area contributed by atoms with Crippen LogP contribution in [0.15, 0.2) is 10.4 Å². The van der Waals surface area contributed by atoms with E-state index in [-0.39, 0.29) is 24.0 Å². The van der Waals surface area contributed by atoms with Crippen molar-refractivity contribution in [1.29, 1.82) is 0 Å². The van der Waals surface area contributed by atoms with E-state index in [1.165, 1.54) is 0 Å². The summed E-state index contributed by atoms with van der Waals surface area (Å²) >= 11 is 1.01. The minimum atomic E-state index is -4.39. The Bertz CT molecular complexity index is 501. The smallest absolute Gasteiger partial charge is 0.382 e. The van der Waals surface area contributed by atoms with Crippen LogP contribution < -0.4 is 10.6 Å². The van der Waals surface area contributed by atoms with Gasteiger partial charge in [0, 0.05) is 32.0 Å². The summed E-state index contributed by atoms with van der Waals surface area (Å²) in [6.45, 7) is 5.07. The Hall–Kier alpha value is -0.660. The van der Waals surface area contributed by atoms with E-state index in [1.54, 1.807) is 7.11 Å². The molecule has 0 fully saturated rings. The second-order valence-electron chi connectivity index (χ2n) is 4.67. The van der Waals surface area contributed by atoms with Crippen LogP contribution in [0.4, 0.5) is 13.2 Å². The fraction of sp³-hybridized carbons (Fsp3) is 0.714. The van der Waals surface area contributed by atoms with Crippen LogP contribution in [0.25, 0.3) is 0 Å². The van der Waals surface area contributed by atoms with Gasteiger partial charge in [0.05, 0.1) is 31.4 Å². The molecule has 0 saturated heterocycles. The Morgan fingerprint density at radius 3 is 2.64 bits per heavy atom. The van der Waals surface area contributed by atoms with Gasteiger partial charge in [0.1, 0.15) is 0 Å². The third-order valence-corrected chi connectivity index (χ3v) is 3.66. The molecule has 0 aliphatic rings. The first-order chi connectivity index (χ1) is 11.5. The van der Waals surface area contributed by atoms with E-state index in [1.807, 2.05) is 6.92 Å². The molecule has 0 atom stereocenters. The number of alkyl halides is 3. The maximum atomic E-state index is 12.5. The van der Waals surface area contributed by atoms with Crippen molar-refractivity contribution in [3.05, 3.63) is 16.1 Å². The van der Waals surface area contributed by atoms with E-state index in [4.69, 9.17) is 9.47 Å². The van der Waals surface area contributed by atoms with Crippen LogP contribution in [0.5, 0.6) is 0 Å².